The Kier molecular flexibility index (Phi) is 4.35. The van der Waals surface area contributed by atoms with Gasteiger partial charge in [-0.25, -0.2) is 8.78 Å². The van der Waals surface area contributed by atoms with Crippen molar-refractivity contribution in [2.45, 2.75) is 0 Å². The van der Waals surface area contributed by atoms with Crippen LogP contribution in [0.15, 0.2) is 24.3 Å². The summed E-state index contributed by atoms with van der Waals surface area (Å²) in [4.78, 5) is 12.1. The van der Waals surface area contributed by atoms with Gasteiger partial charge >= 0.3 is 0 Å². The Morgan fingerprint density at radius 1 is 0.818 bits per heavy atom. The molecule has 0 saturated carbocycles. The fourth-order valence-electron chi connectivity index (χ4n) is 1.88. The van der Waals surface area contributed by atoms with Gasteiger partial charge < -0.3 is 9.47 Å². The zero-order chi connectivity index (χ0) is 16.4. The second-order valence-electron chi connectivity index (χ2n) is 4.22. The number of carbonyl (C=O) groups is 1. The maximum absolute atomic E-state index is 13.9. The third-order valence-electron chi connectivity index (χ3n) is 3.01. The van der Waals surface area contributed by atoms with Crippen molar-refractivity contribution in [3.63, 3.8) is 0 Å². The molecule has 0 saturated heterocycles. The quantitative estimate of drug-likeness (QED) is 0.492. The van der Waals surface area contributed by atoms with Crippen molar-refractivity contribution in [2.75, 3.05) is 14.2 Å². The molecule has 0 aromatic heterocycles. The van der Waals surface area contributed by atoms with Crippen LogP contribution in [-0.2, 0) is 0 Å². The van der Waals surface area contributed by atoms with Gasteiger partial charge in [0.15, 0.2) is 23.2 Å². The molecule has 0 bridgehead atoms. The lowest BCUT2D eigenvalue weighted by molar-refractivity contribution is 0.102. The number of benzene rings is 2. The summed E-state index contributed by atoms with van der Waals surface area (Å²) in [5, 5.41) is 0. The maximum Gasteiger partial charge on any atom is 0.204 e. The zero-order valence-corrected chi connectivity index (χ0v) is 11.5. The molecule has 2 aromatic rings. The van der Waals surface area contributed by atoms with E-state index in [1.54, 1.807) is 0 Å². The first-order valence-corrected chi connectivity index (χ1v) is 6.01. The van der Waals surface area contributed by atoms with E-state index in [1.807, 2.05) is 0 Å². The van der Waals surface area contributed by atoms with Crippen LogP contribution in [0.5, 0.6) is 11.5 Å². The minimum atomic E-state index is -1.81. The molecule has 0 fully saturated rings. The van der Waals surface area contributed by atoms with Crippen LogP contribution in [0.25, 0.3) is 0 Å². The molecule has 22 heavy (non-hydrogen) atoms. The van der Waals surface area contributed by atoms with Crippen LogP contribution in [0.2, 0.25) is 0 Å². The smallest absolute Gasteiger partial charge is 0.204 e. The third kappa shape index (κ3) is 2.49. The zero-order valence-electron chi connectivity index (χ0n) is 11.5. The van der Waals surface area contributed by atoms with Crippen molar-refractivity contribution < 1.29 is 31.8 Å². The van der Waals surface area contributed by atoms with Gasteiger partial charge in [0.2, 0.25) is 11.6 Å². The Morgan fingerprint density at radius 2 is 1.32 bits per heavy atom. The van der Waals surface area contributed by atoms with Gasteiger partial charge in [0, 0.05) is 5.56 Å². The molecule has 0 spiro atoms. The molecule has 0 atom stereocenters. The van der Waals surface area contributed by atoms with Gasteiger partial charge in [-0.15, -0.1) is 0 Å². The fraction of sp³-hybridized carbons (Fsp3) is 0.133. The van der Waals surface area contributed by atoms with E-state index >= 15 is 0 Å². The predicted molar refractivity (Wildman–Crippen MR) is 69.3 cm³/mol. The lowest BCUT2D eigenvalue weighted by Crippen LogP contribution is -2.13. The number of hydrogen-bond acceptors (Lipinski definition) is 3. The lowest BCUT2D eigenvalue weighted by atomic mass is 10.0. The van der Waals surface area contributed by atoms with Crippen molar-refractivity contribution in [1.29, 1.82) is 0 Å². The topological polar surface area (TPSA) is 35.5 Å². The Hall–Kier alpha value is -2.57. The molecule has 116 valence electrons. The van der Waals surface area contributed by atoms with E-state index in [1.165, 1.54) is 31.4 Å². The molecule has 0 aliphatic carbocycles. The summed E-state index contributed by atoms with van der Waals surface area (Å²) in [6, 6.07) is 5.19. The van der Waals surface area contributed by atoms with Gasteiger partial charge in [-0.3, -0.25) is 4.79 Å². The molecule has 0 aliphatic heterocycles. The van der Waals surface area contributed by atoms with Crippen LogP contribution in [0.3, 0.4) is 0 Å². The Balaban J connectivity index is 2.58. The normalized spacial score (nSPS) is 10.5. The second kappa shape index (κ2) is 6.05. The van der Waals surface area contributed by atoms with E-state index in [4.69, 9.17) is 4.74 Å². The van der Waals surface area contributed by atoms with Crippen LogP contribution in [0.4, 0.5) is 17.6 Å². The van der Waals surface area contributed by atoms with Gasteiger partial charge in [-0.1, -0.05) is 0 Å². The van der Waals surface area contributed by atoms with Crippen LogP contribution in [0, 0.1) is 23.3 Å². The number of ether oxygens (including phenoxy) is 2. The minimum absolute atomic E-state index is 0.150. The molecule has 0 radical (unpaired) electrons. The second-order valence-corrected chi connectivity index (χ2v) is 4.22. The maximum atomic E-state index is 13.9. The Labute approximate surface area is 123 Å². The standard InChI is InChI=1S/C15H10F4O3/c1-21-8-5-3-7(4-6-8)14(20)9-10(16)12(18)15(22-2)13(19)11(9)17/h3-6H,1-2H3. The van der Waals surface area contributed by atoms with Crippen LogP contribution in [0.1, 0.15) is 15.9 Å². The van der Waals surface area contributed by atoms with E-state index < -0.39 is 40.4 Å². The predicted octanol–water partition coefficient (Wildman–Crippen LogP) is 3.49. The highest BCUT2D eigenvalue weighted by Crippen LogP contribution is 2.31. The summed E-state index contributed by atoms with van der Waals surface area (Å²) in [6.45, 7) is 0. The number of halogens is 4. The average Bonchev–Trinajstić information content (AvgIpc) is 2.54. The molecule has 0 N–H and O–H groups in total. The van der Waals surface area contributed by atoms with Crippen molar-refractivity contribution >= 4 is 5.78 Å². The van der Waals surface area contributed by atoms with Gasteiger partial charge in [0.1, 0.15) is 11.3 Å². The molecule has 2 rings (SSSR count). The SMILES string of the molecule is COc1ccc(C(=O)c2c(F)c(F)c(OC)c(F)c2F)cc1. The highest BCUT2D eigenvalue weighted by Gasteiger charge is 2.30. The van der Waals surface area contributed by atoms with Gasteiger partial charge in [-0.05, 0) is 24.3 Å². The van der Waals surface area contributed by atoms with Crippen molar-refractivity contribution in [3.05, 3.63) is 58.7 Å². The first-order valence-electron chi connectivity index (χ1n) is 6.01. The summed E-state index contributed by atoms with van der Waals surface area (Å²) in [5.41, 5.74) is -1.47. The molecule has 7 heteroatoms. The van der Waals surface area contributed by atoms with Crippen LogP contribution >= 0.6 is 0 Å². The van der Waals surface area contributed by atoms with Crippen LogP contribution in [-0.4, -0.2) is 20.0 Å². The highest BCUT2D eigenvalue weighted by atomic mass is 19.2. The number of carbonyl (C=O) groups excluding carboxylic acids is 1. The number of hydrogen-bond donors (Lipinski definition) is 0. The third-order valence-corrected chi connectivity index (χ3v) is 3.01. The molecular weight excluding hydrogens is 304 g/mol. The summed E-state index contributed by atoms with van der Waals surface area (Å²) >= 11 is 0. The molecule has 0 unspecified atom stereocenters. The number of methoxy groups -OCH3 is 2. The molecular formula is C15H10F4O3. The Bertz CT molecular complexity index is 698. The summed E-state index contributed by atoms with van der Waals surface area (Å²) in [6.07, 6.45) is 0. The molecule has 3 nitrogen and oxygen atoms in total. The first kappa shape index (κ1) is 15.8. The minimum Gasteiger partial charge on any atom is -0.497 e. The molecule has 0 aliphatic rings. The van der Waals surface area contributed by atoms with E-state index in [9.17, 15) is 22.4 Å². The van der Waals surface area contributed by atoms with E-state index in [0.29, 0.717) is 5.75 Å². The fourth-order valence-corrected chi connectivity index (χ4v) is 1.88. The van der Waals surface area contributed by atoms with Crippen LogP contribution < -0.4 is 9.47 Å². The lowest BCUT2D eigenvalue weighted by Gasteiger charge is -2.10. The van der Waals surface area contributed by atoms with E-state index in [-0.39, 0.29) is 5.56 Å². The van der Waals surface area contributed by atoms with Crippen molar-refractivity contribution in [2.24, 2.45) is 0 Å². The molecule has 2 aromatic carbocycles. The first-order chi connectivity index (χ1) is 10.4. The number of ketones is 1. The van der Waals surface area contributed by atoms with E-state index in [0.717, 1.165) is 7.11 Å². The van der Waals surface area contributed by atoms with Crippen molar-refractivity contribution in [1.82, 2.24) is 0 Å². The monoisotopic (exact) mass is 314 g/mol. The average molecular weight is 314 g/mol. The van der Waals surface area contributed by atoms with Crippen molar-refractivity contribution in [3.8, 4) is 11.5 Å². The highest BCUT2D eigenvalue weighted by molar-refractivity contribution is 6.09. The van der Waals surface area contributed by atoms with Gasteiger partial charge in [-0.2, -0.15) is 8.78 Å². The Morgan fingerprint density at radius 3 is 1.73 bits per heavy atom. The number of rotatable bonds is 4. The summed E-state index contributed by atoms with van der Waals surface area (Å²) < 4.78 is 64.1. The molecule has 0 heterocycles. The van der Waals surface area contributed by atoms with Gasteiger partial charge in [0.05, 0.1) is 14.2 Å². The summed E-state index contributed by atoms with van der Waals surface area (Å²) in [7, 11) is 2.25. The van der Waals surface area contributed by atoms with Gasteiger partial charge in [0.25, 0.3) is 0 Å². The van der Waals surface area contributed by atoms with E-state index in [2.05, 4.69) is 4.74 Å². The molecule has 0 amide bonds. The summed E-state index contributed by atoms with van der Waals surface area (Å²) in [5.74, 6) is -9.16. The largest absolute Gasteiger partial charge is 0.497 e.